The maximum Gasteiger partial charge on any atom is 0.406 e. The molecule has 6 rings (SSSR count). The van der Waals surface area contributed by atoms with E-state index in [1.165, 1.54) is 25.6 Å². The summed E-state index contributed by atoms with van der Waals surface area (Å²) in [6, 6.07) is 14.9. The fraction of sp³-hybridized carbons (Fsp3) is 0.345. The number of rotatable bonds is 7. The van der Waals surface area contributed by atoms with Crippen LogP contribution in [0, 0.1) is 0 Å². The van der Waals surface area contributed by atoms with Crippen LogP contribution in [-0.4, -0.2) is 64.4 Å². The van der Waals surface area contributed by atoms with Gasteiger partial charge in [-0.15, -0.1) is 0 Å². The van der Waals surface area contributed by atoms with Crippen molar-refractivity contribution in [1.29, 1.82) is 0 Å². The minimum absolute atomic E-state index is 0.0384. The van der Waals surface area contributed by atoms with Gasteiger partial charge < -0.3 is 15.4 Å². The number of benzene rings is 2. The van der Waals surface area contributed by atoms with Crippen molar-refractivity contribution in [2.75, 3.05) is 18.3 Å². The first-order chi connectivity index (χ1) is 20.8. The molecule has 1 aliphatic carbocycles. The predicted molar refractivity (Wildman–Crippen MR) is 156 cm³/mol. The Balaban J connectivity index is 1.46. The number of anilines is 1. The lowest BCUT2D eigenvalue weighted by molar-refractivity contribution is -0.212. The second-order valence-electron chi connectivity index (χ2n) is 11.0. The summed E-state index contributed by atoms with van der Waals surface area (Å²) in [5.74, 6) is 0.166. The number of nitrogens with zero attached hydrogens (tertiary/aromatic N) is 6. The summed E-state index contributed by atoms with van der Waals surface area (Å²) in [7, 11) is -2.30. The van der Waals surface area contributed by atoms with Crippen molar-refractivity contribution < 1.29 is 26.3 Å². The summed E-state index contributed by atoms with van der Waals surface area (Å²) in [6.07, 6.45) is -3.32. The van der Waals surface area contributed by atoms with Gasteiger partial charge in [-0.2, -0.15) is 18.3 Å². The van der Waals surface area contributed by atoms with Gasteiger partial charge in [0.25, 0.3) is 0 Å². The molecular weight excluding hydrogens is 597 g/mol. The molecule has 3 heterocycles. The maximum atomic E-state index is 14.5. The molecule has 1 saturated carbocycles. The topological polar surface area (TPSA) is 145 Å². The molecule has 0 bridgehead atoms. The van der Waals surface area contributed by atoms with E-state index >= 15 is 0 Å². The van der Waals surface area contributed by atoms with Gasteiger partial charge in [-0.25, -0.2) is 28.0 Å². The molecule has 0 saturated heterocycles. The van der Waals surface area contributed by atoms with Gasteiger partial charge in [0.1, 0.15) is 41.3 Å². The molecule has 0 amide bonds. The molecule has 232 valence electrons. The highest BCUT2D eigenvalue weighted by Gasteiger charge is 2.70. The molecule has 3 unspecified atom stereocenters. The third kappa shape index (κ3) is 4.89. The Hall–Kier alpha value is -4.05. The van der Waals surface area contributed by atoms with Crippen molar-refractivity contribution in [2.45, 2.75) is 54.9 Å². The van der Waals surface area contributed by atoms with Gasteiger partial charge in [-0.1, -0.05) is 12.1 Å². The van der Waals surface area contributed by atoms with Crippen molar-refractivity contribution in [1.82, 2.24) is 24.6 Å². The van der Waals surface area contributed by atoms with Crippen LogP contribution in [0.3, 0.4) is 0 Å². The summed E-state index contributed by atoms with van der Waals surface area (Å²) >= 11 is 0. The normalized spacial score (nSPS) is 20.7. The minimum atomic E-state index is -4.58. The number of hydrogen-bond donors (Lipinski definition) is 2. The Bertz CT molecular complexity index is 1800. The number of aromatic nitrogens is 4. The molecule has 0 spiro atoms. The SMILES string of the molecule is COc1ccc(-c2ccc3c(n2)C(N)N(C2(C(F)(F)F)CC2)C(N)N3C(C)c2ccc(-n3cncn3)cc2)cc1S(C)(=O)=O. The van der Waals surface area contributed by atoms with E-state index in [1.807, 2.05) is 31.2 Å². The Morgan fingerprint density at radius 1 is 1.07 bits per heavy atom. The summed E-state index contributed by atoms with van der Waals surface area (Å²) in [4.78, 5) is 11.5. The van der Waals surface area contributed by atoms with Crippen LogP contribution < -0.4 is 21.1 Å². The van der Waals surface area contributed by atoms with E-state index < -0.39 is 40.0 Å². The first-order valence-corrected chi connectivity index (χ1v) is 15.6. The zero-order chi connectivity index (χ0) is 31.6. The summed E-state index contributed by atoms with van der Waals surface area (Å²) in [5, 5.41) is 4.13. The molecule has 11 nitrogen and oxygen atoms in total. The second-order valence-corrected chi connectivity index (χ2v) is 13.0. The molecule has 0 radical (unpaired) electrons. The smallest absolute Gasteiger partial charge is 0.406 e. The number of halogens is 3. The highest BCUT2D eigenvalue weighted by Crippen LogP contribution is 2.58. The lowest BCUT2D eigenvalue weighted by Gasteiger charge is -2.52. The summed E-state index contributed by atoms with van der Waals surface area (Å²) in [6.45, 7) is 1.85. The number of fused-ring (bicyclic) bond motifs is 1. The van der Waals surface area contributed by atoms with Crippen LogP contribution in [-0.2, 0) is 9.84 Å². The summed E-state index contributed by atoms with van der Waals surface area (Å²) < 4.78 is 75.3. The van der Waals surface area contributed by atoms with E-state index in [0.717, 1.165) is 22.4 Å². The number of pyridine rings is 1. The average molecular weight is 629 g/mol. The van der Waals surface area contributed by atoms with Gasteiger partial charge in [0, 0.05) is 11.8 Å². The third-order valence-electron chi connectivity index (χ3n) is 8.41. The minimum Gasteiger partial charge on any atom is -0.495 e. The maximum absolute atomic E-state index is 14.5. The first-order valence-electron chi connectivity index (χ1n) is 13.8. The van der Waals surface area contributed by atoms with Crippen LogP contribution >= 0.6 is 0 Å². The quantitative estimate of drug-likeness (QED) is 0.309. The number of methoxy groups -OCH3 is 1. The van der Waals surface area contributed by atoms with Crippen molar-refractivity contribution in [3.63, 3.8) is 0 Å². The zero-order valence-electron chi connectivity index (χ0n) is 24.1. The molecule has 44 heavy (non-hydrogen) atoms. The Kier molecular flexibility index (Phi) is 7.19. The predicted octanol–water partition coefficient (Wildman–Crippen LogP) is 3.92. The largest absolute Gasteiger partial charge is 0.495 e. The molecule has 2 aliphatic rings. The highest BCUT2D eigenvalue weighted by molar-refractivity contribution is 7.90. The van der Waals surface area contributed by atoms with Crippen molar-refractivity contribution in [3.8, 4) is 22.7 Å². The third-order valence-corrected chi connectivity index (χ3v) is 9.53. The van der Waals surface area contributed by atoms with Crippen molar-refractivity contribution in [2.24, 2.45) is 11.5 Å². The van der Waals surface area contributed by atoms with Crippen molar-refractivity contribution in [3.05, 3.63) is 78.5 Å². The molecule has 15 heteroatoms. The molecule has 1 aliphatic heterocycles. The standard InChI is InChI=1S/C29H31F3N8O3S/c1-17(18-4-7-20(8-5-18)38-16-35-15-36-38)39-22-10-9-21(19-6-11-23(43-2)24(14-19)44(3,41)42)37-25(22)26(33)40(27(39)34)28(12-13-28)29(30,31)32/h4-11,14-17,26-27H,12-13,33-34H2,1-3H3. The number of alkyl halides is 3. The van der Waals surface area contributed by atoms with Crippen LogP contribution in [0.25, 0.3) is 16.9 Å². The van der Waals surface area contributed by atoms with Crippen LogP contribution in [0.2, 0.25) is 0 Å². The highest BCUT2D eigenvalue weighted by atomic mass is 32.2. The van der Waals surface area contributed by atoms with E-state index in [1.54, 1.807) is 34.1 Å². The van der Waals surface area contributed by atoms with Gasteiger partial charge in [0.15, 0.2) is 9.84 Å². The lowest BCUT2D eigenvalue weighted by Crippen LogP contribution is -2.67. The average Bonchev–Trinajstić information content (AvgIpc) is 3.61. The first kappa shape index (κ1) is 30.0. The van der Waals surface area contributed by atoms with Crippen LogP contribution in [0.1, 0.15) is 43.2 Å². The summed E-state index contributed by atoms with van der Waals surface area (Å²) in [5.41, 5.74) is 14.1. The number of sulfone groups is 1. The molecule has 2 aromatic heterocycles. The lowest BCUT2D eigenvalue weighted by atomic mass is 10.00. The van der Waals surface area contributed by atoms with Crippen LogP contribution in [0.15, 0.2) is 72.1 Å². The molecule has 2 aromatic carbocycles. The molecule has 4 aromatic rings. The Morgan fingerprint density at radius 2 is 1.77 bits per heavy atom. The van der Waals surface area contributed by atoms with Crippen LogP contribution in [0.5, 0.6) is 5.75 Å². The van der Waals surface area contributed by atoms with Gasteiger partial charge in [0.05, 0.1) is 35.9 Å². The number of ether oxygens (including phenoxy) is 1. The van der Waals surface area contributed by atoms with Gasteiger partial charge in [0.2, 0.25) is 0 Å². The molecule has 3 atom stereocenters. The monoisotopic (exact) mass is 628 g/mol. The molecule has 4 N–H and O–H groups in total. The molecular formula is C29H31F3N8O3S. The van der Waals surface area contributed by atoms with E-state index in [2.05, 4.69) is 10.1 Å². The van der Waals surface area contributed by atoms with Gasteiger partial charge in [-0.05, 0) is 67.8 Å². The van der Waals surface area contributed by atoms with Gasteiger partial charge in [-0.3, -0.25) is 5.73 Å². The number of nitrogens with two attached hydrogens (primary N) is 2. The van der Waals surface area contributed by atoms with E-state index in [-0.39, 0.29) is 29.2 Å². The van der Waals surface area contributed by atoms with E-state index in [0.29, 0.717) is 16.9 Å². The van der Waals surface area contributed by atoms with Crippen LogP contribution in [0.4, 0.5) is 18.9 Å². The second kappa shape index (κ2) is 10.5. The fourth-order valence-corrected chi connectivity index (χ4v) is 6.79. The molecule has 1 fully saturated rings. The zero-order valence-corrected chi connectivity index (χ0v) is 24.9. The Morgan fingerprint density at radius 3 is 2.34 bits per heavy atom. The van der Waals surface area contributed by atoms with Crippen molar-refractivity contribution >= 4 is 15.5 Å². The van der Waals surface area contributed by atoms with E-state index in [4.69, 9.17) is 21.2 Å². The van der Waals surface area contributed by atoms with Gasteiger partial charge >= 0.3 is 6.18 Å². The van der Waals surface area contributed by atoms with E-state index in [9.17, 15) is 21.6 Å². The Labute approximate surface area is 252 Å². The fourth-order valence-electron chi connectivity index (χ4n) is 5.93. The number of hydrogen-bond acceptors (Lipinski definition) is 10.